The van der Waals surface area contributed by atoms with Gasteiger partial charge in [-0.2, -0.15) is 0 Å². The molecule has 0 bridgehead atoms. The van der Waals surface area contributed by atoms with Gasteiger partial charge < -0.3 is 9.32 Å². The van der Waals surface area contributed by atoms with Crippen molar-refractivity contribution < 1.29 is 4.42 Å². The van der Waals surface area contributed by atoms with Crippen molar-refractivity contribution in [3.8, 4) is 102 Å². The Labute approximate surface area is 818 Å². The monoisotopic (exact) mass is 1850 g/mol. The number of thiophene rings is 4. The van der Waals surface area contributed by atoms with Crippen LogP contribution in [0.5, 0.6) is 0 Å². The summed E-state index contributed by atoms with van der Waals surface area (Å²) < 4.78 is 16.6. The number of nitrogens with zero attached hydrogens (tertiary/aromatic N) is 7. The predicted molar refractivity (Wildman–Crippen MR) is 587 cm³/mol. The molecule has 3 aliphatic carbocycles. The summed E-state index contributed by atoms with van der Waals surface area (Å²) in [7, 11) is 0. The Morgan fingerprint density at radius 3 is 1.11 bits per heavy atom. The van der Waals surface area contributed by atoms with Gasteiger partial charge in [0.1, 0.15) is 11.2 Å². The SMILES string of the molecule is CC1(C)c2ccccc2-c2c(ccc3sc4ccc(N(c5ccccc5)c5ccc6sc7ccccc7c6c5)cc4c23)C1(C)C.CC1(C)c2ccccc2-c2ccc3sc4c(-c5nc(-c6ccccc6)nc(-c6cccc7oc8ccccc8c67)n5)cccc4c3c2C1(C)C.CC1(C)c2ccccc2-c2ccc3sc4c(-c5nc(-c6ccccc6)nc(-c6ccccc6)n5)cccc4c3c2C1(C)C. The Morgan fingerprint density at radius 2 is 0.565 bits per heavy atom. The first-order valence-electron chi connectivity index (χ1n) is 47.6. The summed E-state index contributed by atoms with van der Waals surface area (Å²) in [5.41, 5.74) is 27.4. The van der Waals surface area contributed by atoms with Crippen molar-refractivity contribution in [3.05, 3.63) is 403 Å². The number of fused-ring (bicyclic) bond motifs is 27. The van der Waals surface area contributed by atoms with Gasteiger partial charge in [0.2, 0.25) is 0 Å². The normalized spacial score (nSPS) is 14.9. The van der Waals surface area contributed by atoms with Crippen LogP contribution >= 0.6 is 45.3 Å². The standard InChI is InChI=1S/C45H33N3OS.C42H33NS2.C39H31N3S/c1-44(2)33-21-10-8-16-27(33)28-24-25-36-38(39(28)45(44,3)4)30-18-12-20-32(40(30)50-36)43-47-41(26-14-6-5-7-15-26)46-42(48-43)31-19-13-23-35-37(31)29-17-9-11-22-34(29)49-35;1-41(2)33-16-10-8-15-30(33)39-34(42(41,3)4)20-23-38-40(39)32-25-28(19-22-37(32)45-38)43(26-12-6-5-7-13-26)27-18-21-36-31(24-27)29-14-9-11-17-35(29)44-36;1-38(2)30-21-12-11-18-26(30)27-22-23-31-32(33(27)39(38,3)4)28-19-13-20-29(34(28)43-31)37-41-35(24-14-7-5-8-15-24)40-36(42-37)25-16-9-6-10-17-25/h5-25H,1-4H3;5-25H,1-4H3;5-23H,1-4H3. The van der Waals surface area contributed by atoms with E-state index in [0.29, 0.717) is 34.9 Å². The van der Waals surface area contributed by atoms with E-state index in [-0.39, 0.29) is 32.5 Å². The number of para-hydroxylation sites is 2. The van der Waals surface area contributed by atoms with E-state index in [1.54, 1.807) is 0 Å². The average Bonchev–Trinajstić information content (AvgIpc) is 1.33. The third-order valence-electron chi connectivity index (χ3n) is 31.6. The predicted octanol–water partition coefficient (Wildman–Crippen LogP) is 36.0. The van der Waals surface area contributed by atoms with Gasteiger partial charge in [0.05, 0.1) is 0 Å². The van der Waals surface area contributed by atoms with Crippen molar-refractivity contribution in [2.24, 2.45) is 0 Å². The number of anilines is 3. The second-order valence-corrected chi connectivity index (χ2v) is 44.5. The molecule has 0 N–H and O–H groups in total. The fraction of sp³-hybridized carbons (Fsp3) is 0.143. The molecule has 8 nitrogen and oxygen atoms in total. The molecule has 666 valence electrons. The molecule has 27 rings (SSSR count). The highest BCUT2D eigenvalue weighted by Gasteiger charge is 2.50. The van der Waals surface area contributed by atoms with Crippen molar-refractivity contribution >= 4 is 165 Å². The summed E-state index contributed by atoms with van der Waals surface area (Å²) in [4.78, 5) is 33.0. The van der Waals surface area contributed by atoms with Gasteiger partial charge in [-0.1, -0.05) is 356 Å². The Bertz CT molecular complexity index is 9050. The molecule has 0 saturated heterocycles. The number of furan rings is 1. The van der Waals surface area contributed by atoms with Crippen LogP contribution in [0.25, 0.3) is 204 Å². The first-order valence-corrected chi connectivity index (χ1v) is 50.9. The lowest BCUT2D eigenvalue weighted by Gasteiger charge is -2.48. The molecule has 0 aliphatic heterocycles. The number of hydrogen-bond acceptors (Lipinski definition) is 12. The zero-order valence-corrected chi connectivity index (χ0v) is 82.2. The molecule has 12 heteroatoms. The molecule has 138 heavy (non-hydrogen) atoms. The van der Waals surface area contributed by atoms with Gasteiger partial charge in [-0.05, 0) is 185 Å². The van der Waals surface area contributed by atoms with E-state index in [9.17, 15) is 0 Å². The van der Waals surface area contributed by atoms with E-state index in [0.717, 1.165) is 61.0 Å². The number of aromatic nitrogens is 6. The lowest BCUT2D eigenvalue weighted by Crippen LogP contribution is -2.43. The van der Waals surface area contributed by atoms with Gasteiger partial charge in [0.25, 0.3) is 0 Å². The summed E-state index contributed by atoms with van der Waals surface area (Å²) in [5, 5.41) is 12.6. The minimum atomic E-state index is -0.118. The maximum atomic E-state index is 6.26. The van der Waals surface area contributed by atoms with Crippen LogP contribution in [0.3, 0.4) is 0 Å². The maximum Gasteiger partial charge on any atom is 0.165 e. The second-order valence-electron chi connectivity index (χ2n) is 40.3. The molecule has 24 aromatic rings. The van der Waals surface area contributed by atoms with Crippen molar-refractivity contribution in [1.82, 2.24) is 29.9 Å². The quantitative estimate of drug-likeness (QED) is 0.141. The summed E-state index contributed by atoms with van der Waals surface area (Å²) in [5.74, 6) is 3.99. The van der Waals surface area contributed by atoms with Crippen molar-refractivity contribution in [2.75, 3.05) is 4.90 Å². The highest BCUT2D eigenvalue weighted by Crippen LogP contribution is 2.62. The van der Waals surface area contributed by atoms with Crippen LogP contribution in [0.4, 0.5) is 17.1 Å². The minimum absolute atomic E-state index is 0.00976. The van der Waals surface area contributed by atoms with Gasteiger partial charge in [-0.15, -0.1) is 45.3 Å². The first-order chi connectivity index (χ1) is 67.0. The van der Waals surface area contributed by atoms with E-state index < -0.39 is 0 Å². The largest absolute Gasteiger partial charge is 0.456 e. The van der Waals surface area contributed by atoms with Gasteiger partial charge in [-0.25, -0.2) is 29.9 Å². The summed E-state index contributed by atoms with van der Waals surface area (Å²) in [6, 6.07) is 133. The summed E-state index contributed by atoms with van der Waals surface area (Å²) in [6.45, 7) is 28.9. The lowest BCUT2D eigenvalue weighted by molar-refractivity contribution is 0.299. The van der Waals surface area contributed by atoms with Gasteiger partial charge in [-0.3, -0.25) is 0 Å². The Kier molecular flexibility index (Phi) is 19.7. The van der Waals surface area contributed by atoms with Crippen LogP contribution in [-0.4, -0.2) is 29.9 Å². The molecule has 3 aliphatic rings. The highest BCUT2D eigenvalue weighted by molar-refractivity contribution is 7.27. The smallest absolute Gasteiger partial charge is 0.165 e. The van der Waals surface area contributed by atoms with Crippen LogP contribution in [0.1, 0.15) is 116 Å². The third kappa shape index (κ3) is 13.1. The fourth-order valence-corrected chi connectivity index (χ4v) is 27.1. The minimum Gasteiger partial charge on any atom is -0.456 e. The zero-order chi connectivity index (χ0) is 93.6. The number of benzene rings is 17. The number of rotatable bonds is 9. The molecule has 0 atom stereocenters. The third-order valence-corrected chi connectivity index (χ3v) is 36.3. The van der Waals surface area contributed by atoms with E-state index in [2.05, 4.69) is 373 Å². The van der Waals surface area contributed by atoms with E-state index >= 15 is 0 Å². The Morgan fingerprint density at radius 1 is 0.210 bits per heavy atom. The van der Waals surface area contributed by atoms with Gasteiger partial charge in [0.15, 0.2) is 34.9 Å². The van der Waals surface area contributed by atoms with Gasteiger partial charge >= 0.3 is 0 Å². The van der Waals surface area contributed by atoms with E-state index in [4.69, 9.17) is 34.3 Å². The van der Waals surface area contributed by atoms with Crippen LogP contribution in [0.2, 0.25) is 0 Å². The summed E-state index contributed by atoms with van der Waals surface area (Å²) in [6.07, 6.45) is 0. The maximum absolute atomic E-state index is 6.26. The molecular formula is C126H97N7OS4. The molecule has 0 unspecified atom stereocenters. The molecule has 0 amide bonds. The first kappa shape index (κ1) is 84.9. The highest BCUT2D eigenvalue weighted by atomic mass is 32.1. The van der Waals surface area contributed by atoms with Crippen molar-refractivity contribution in [2.45, 2.75) is 116 Å². The molecule has 0 spiro atoms. The van der Waals surface area contributed by atoms with E-state index in [1.807, 2.05) is 130 Å². The second kappa shape index (κ2) is 31.9. The Hall–Kier alpha value is -14.8. The molecule has 0 saturated carbocycles. The lowest BCUT2D eigenvalue weighted by atomic mass is 9.55. The molecular weight excluding hydrogens is 1760 g/mol. The van der Waals surface area contributed by atoms with Gasteiger partial charge in [0, 0.05) is 153 Å². The molecule has 0 radical (unpaired) electrons. The number of hydrogen-bond donors (Lipinski definition) is 0. The molecule has 17 aromatic carbocycles. The molecule has 7 aromatic heterocycles. The van der Waals surface area contributed by atoms with Crippen LogP contribution in [0, 0.1) is 0 Å². The molecule has 0 fully saturated rings. The Balaban J connectivity index is 0.000000110. The topological polar surface area (TPSA) is 93.7 Å². The summed E-state index contributed by atoms with van der Waals surface area (Å²) >= 11 is 7.45. The van der Waals surface area contributed by atoms with Crippen molar-refractivity contribution in [1.29, 1.82) is 0 Å². The average molecular weight is 1850 g/mol. The van der Waals surface area contributed by atoms with Crippen LogP contribution in [-0.2, 0) is 32.5 Å². The zero-order valence-electron chi connectivity index (χ0n) is 78.9. The van der Waals surface area contributed by atoms with Crippen molar-refractivity contribution in [3.63, 3.8) is 0 Å². The van der Waals surface area contributed by atoms with Crippen LogP contribution < -0.4 is 4.90 Å². The fourth-order valence-electron chi connectivity index (χ4n) is 22.5. The molecule has 7 heterocycles. The van der Waals surface area contributed by atoms with Crippen LogP contribution in [0.15, 0.2) is 374 Å². The van der Waals surface area contributed by atoms with E-state index in [1.165, 1.54) is 159 Å².